The second kappa shape index (κ2) is 19.0. The van der Waals surface area contributed by atoms with Gasteiger partial charge in [-0.25, -0.2) is 4.98 Å². The van der Waals surface area contributed by atoms with Crippen LogP contribution in [-0.2, 0) is 25.1 Å². The van der Waals surface area contributed by atoms with Gasteiger partial charge in [0.25, 0.3) is 5.56 Å². The van der Waals surface area contributed by atoms with Crippen molar-refractivity contribution in [2.24, 2.45) is 5.92 Å². The number of nitrogens with zero attached hydrogens (tertiary/aromatic N) is 3. The number of nitrogens with two attached hydrogens (primary N) is 1. The second-order valence-electron chi connectivity index (χ2n) is 6.30. The van der Waals surface area contributed by atoms with E-state index in [1.165, 1.54) is 4.57 Å². The molecule has 2 heterocycles. The minimum absolute atomic E-state index is 0. The van der Waals surface area contributed by atoms with Crippen LogP contribution < -0.4 is 149 Å². The average Bonchev–Trinajstić information content (AvgIpc) is 2.89. The summed E-state index contributed by atoms with van der Waals surface area (Å²) in [7, 11) is -9.44. The minimum Gasteiger partial charge on any atom is -0.811 e. The van der Waals surface area contributed by atoms with Crippen LogP contribution in [0.3, 0.4) is 0 Å². The van der Waals surface area contributed by atoms with Gasteiger partial charge in [-0.15, -0.1) is 0 Å². The molecule has 0 aliphatic rings. The Hall–Kier alpha value is 2.85. The summed E-state index contributed by atoms with van der Waals surface area (Å²) in [6.07, 6.45) is -1.39. The molecule has 3 N–H and O–H groups in total. The summed E-state index contributed by atoms with van der Waals surface area (Å²) in [6, 6.07) is 0. The van der Waals surface area contributed by atoms with E-state index in [0.29, 0.717) is 0 Å². The second-order valence-corrected chi connectivity index (χ2v) is 10.3. The van der Waals surface area contributed by atoms with Crippen molar-refractivity contribution in [3.05, 3.63) is 15.1 Å². The molecule has 0 saturated heterocycles. The summed E-state index contributed by atoms with van der Waals surface area (Å²) in [5, 5.41) is 0. The van der Waals surface area contributed by atoms with Gasteiger partial charge in [-0.2, -0.15) is 4.98 Å². The molecule has 34 heavy (non-hydrogen) atoms. The summed E-state index contributed by atoms with van der Waals surface area (Å²) in [4.78, 5) is 65.2. The molecule has 21 heteroatoms. The predicted molar refractivity (Wildman–Crippen MR) is 100 cm³/mol. The quantitative estimate of drug-likeness (QED) is 0.0972. The van der Waals surface area contributed by atoms with E-state index in [2.05, 4.69) is 30.9 Å². The topological polar surface area (TPSA) is 234 Å². The van der Waals surface area contributed by atoms with Gasteiger partial charge in [-0.3, -0.25) is 9.78 Å². The molecule has 0 bridgehead atoms. The number of rotatable bonds is 12. The minimum atomic E-state index is -4.72. The van der Waals surface area contributed by atoms with E-state index in [0.717, 1.165) is 0 Å². The standard InChI is InChI=1S/C13H22BrN5O9P2.4Na/c14-12-16-9-10(17-13(15)18-11(9)20)19(12)5-8(6-27-1-3-29(21,22)23)7-28-2-4-30(24,25)26;;;;/h8H,1-7H2,(H2,21,22,23)(H2,24,25,26)(H3,15,17,18,20);;;;/q;4*+1/p-4. The molecule has 14 nitrogen and oxygen atoms in total. The normalized spacial score (nSPS) is 11.4. The Balaban J connectivity index is -0.00000240. The number of hydrogen-bond acceptors (Lipinski definition) is 12. The van der Waals surface area contributed by atoms with E-state index in [1.54, 1.807) is 0 Å². The number of anilines is 1. The summed E-state index contributed by atoms with van der Waals surface area (Å²) in [5.74, 6) is -0.634. The van der Waals surface area contributed by atoms with Crippen LogP contribution in [0.15, 0.2) is 9.53 Å². The number of aromatic amines is 1. The number of H-pyrrole nitrogens is 1. The SMILES string of the molecule is Nc1nc2c(nc(Br)n2CC(COCCP(=O)([O-])[O-])COCCP(=O)([O-])[O-])c(=O)[nH]1.[Na+].[Na+].[Na+].[Na+]. The Kier molecular flexibility index (Phi) is 23.1. The zero-order valence-corrected chi connectivity index (χ0v) is 30.8. The molecule has 0 radical (unpaired) electrons. The molecule has 170 valence electrons. The fourth-order valence-corrected chi connectivity index (χ4v) is 3.62. The maximum absolute atomic E-state index is 12.0. The Morgan fingerprint density at radius 3 is 1.88 bits per heavy atom. The summed E-state index contributed by atoms with van der Waals surface area (Å²) in [5.41, 5.74) is 5.21. The number of nitrogen functional groups attached to an aromatic ring is 1. The van der Waals surface area contributed by atoms with E-state index < -0.39 is 39.0 Å². The summed E-state index contributed by atoms with van der Waals surface area (Å²) in [6.45, 7) is -0.720. The van der Waals surface area contributed by atoms with Gasteiger partial charge in [-0.05, 0) is 28.3 Å². The van der Waals surface area contributed by atoms with E-state index in [4.69, 9.17) is 15.2 Å². The first-order chi connectivity index (χ1) is 13.9. The monoisotopic (exact) mass is 621 g/mol. The molecular formula is C13H18BrN5Na4O9P2. The molecule has 2 rings (SSSR count). The van der Waals surface area contributed by atoms with Crippen molar-refractivity contribution < 1.29 is 156 Å². The van der Waals surface area contributed by atoms with E-state index >= 15 is 0 Å². The Morgan fingerprint density at radius 2 is 1.44 bits per heavy atom. The van der Waals surface area contributed by atoms with Crippen LogP contribution in [0.1, 0.15) is 0 Å². The average molecular weight is 622 g/mol. The molecule has 0 spiro atoms. The van der Waals surface area contributed by atoms with Crippen molar-refractivity contribution in [3.63, 3.8) is 0 Å². The Bertz CT molecular complexity index is 1000. The number of ether oxygens (including phenoxy) is 2. The molecule has 0 aromatic carbocycles. The molecule has 0 aliphatic heterocycles. The number of fused-ring (bicyclic) bond motifs is 1. The third-order valence-electron chi connectivity index (χ3n) is 3.74. The molecule has 0 aliphatic carbocycles. The van der Waals surface area contributed by atoms with Gasteiger partial charge in [0.1, 0.15) is 0 Å². The molecule has 0 atom stereocenters. The first-order valence-corrected chi connectivity index (χ1v) is 12.7. The van der Waals surface area contributed by atoms with Gasteiger partial charge in [0.05, 0.1) is 26.4 Å². The van der Waals surface area contributed by atoms with Crippen molar-refractivity contribution in [2.45, 2.75) is 6.54 Å². The molecule has 0 unspecified atom stereocenters. The van der Waals surface area contributed by atoms with Crippen molar-refractivity contribution >= 4 is 48.2 Å². The van der Waals surface area contributed by atoms with Crippen molar-refractivity contribution in [3.8, 4) is 0 Å². The van der Waals surface area contributed by atoms with Crippen molar-refractivity contribution in [2.75, 3.05) is 44.5 Å². The van der Waals surface area contributed by atoms with Crippen LogP contribution in [0.2, 0.25) is 0 Å². The maximum atomic E-state index is 12.0. The Morgan fingerprint density at radius 1 is 0.971 bits per heavy atom. The Labute approximate surface area is 291 Å². The summed E-state index contributed by atoms with van der Waals surface area (Å²) < 4.78 is 33.6. The molecule has 0 saturated carbocycles. The zero-order valence-electron chi connectivity index (χ0n) is 19.4. The summed E-state index contributed by atoms with van der Waals surface area (Å²) >= 11 is 3.21. The van der Waals surface area contributed by atoms with Gasteiger partial charge >= 0.3 is 118 Å². The predicted octanol–water partition coefficient (Wildman–Crippen LogP) is -15.0. The third kappa shape index (κ3) is 15.4. The molecule has 2 aromatic heterocycles. The molecule has 2 aromatic rings. The van der Waals surface area contributed by atoms with Crippen LogP contribution in [0.25, 0.3) is 11.2 Å². The van der Waals surface area contributed by atoms with Gasteiger partial charge in [0.2, 0.25) is 5.95 Å². The first-order valence-electron chi connectivity index (χ1n) is 8.45. The number of aromatic nitrogens is 4. The van der Waals surface area contributed by atoms with Gasteiger partial charge in [0, 0.05) is 12.5 Å². The number of halogens is 1. The number of hydrogen-bond donors (Lipinski definition) is 2. The fourth-order valence-electron chi connectivity index (χ4n) is 2.43. The van der Waals surface area contributed by atoms with Crippen molar-refractivity contribution in [1.29, 1.82) is 0 Å². The van der Waals surface area contributed by atoms with E-state index in [9.17, 15) is 33.5 Å². The van der Waals surface area contributed by atoms with Crippen LogP contribution in [-0.4, -0.2) is 58.3 Å². The van der Waals surface area contributed by atoms with Crippen molar-refractivity contribution in [1.82, 2.24) is 19.5 Å². The maximum Gasteiger partial charge on any atom is 1.00 e. The van der Waals surface area contributed by atoms with Gasteiger partial charge in [0.15, 0.2) is 15.9 Å². The third-order valence-corrected chi connectivity index (χ3v) is 5.81. The largest absolute Gasteiger partial charge is 1.00 e. The van der Waals surface area contributed by atoms with Crippen LogP contribution in [0.4, 0.5) is 5.95 Å². The fraction of sp³-hybridized carbons (Fsp3) is 0.615. The molecule has 0 amide bonds. The zero-order chi connectivity index (χ0) is 22.5. The molecular weight excluding hydrogens is 604 g/mol. The van der Waals surface area contributed by atoms with Gasteiger partial charge < -0.3 is 48.5 Å². The van der Waals surface area contributed by atoms with E-state index in [-0.39, 0.29) is 173 Å². The number of nitrogens with one attached hydrogen (secondary N) is 1. The molecule has 0 fully saturated rings. The van der Waals surface area contributed by atoms with Crippen LogP contribution >= 0.6 is 31.1 Å². The smallest absolute Gasteiger partial charge is 0.811 e. The number of imidazole rings is 1. The van der Waals surface area contributed by atoms with Crippen LogP contribution in [0, 0.1) is 5.92 Å². The van der Waals surface area contributed by atoms with E-state index in [1.807, 2.05) is 0 Å². The van der Waals surface area contributed by atoms with Crippen LogP contribution in [0.5, 0.6) is 0 Å². The first kappa shape index (κ1) is 41.3. The van der Waals surface area contributed by atoms with Gasteiger partial charge in [-0.1, -0.05) is 15.2 Å².